The first-order valence-electron chi connectivity index (χ1n) is 11.6. The number of hydrogen-bond donors (Lipinski definition) is 1. The Morgan fingerprint density at radius 3 is 2.08 bits per heavy atom. The number of benzene rings is 3. The van der Waals surface area contributed by atoms with Gasteiger partial charge in [0.2, 0.25) is 5.91 Å². The number of sulfonamides is 1. The van der Waals surface area contributed by atoms with Gasteiger partial charge in [-0.3, -0.25) is 9.10 Å². The number of ether oxygens (including phenoxy) is 2. The number of rotatable bonds is 12. The molecule has 9 heteroatoms. The Bertz CT molecular complexity index is 1230. The summed E-state index contributed by atoms with van der Waals surface area (Å²) >= 11 is 1.52. The highest BCUT2D eigenvalue weighted by Crippen LogP contribution is 2.27. The van der Waals surface area contributed by atoms with Crippen molar-refractivity contribution in [3.8, 4) is 11.5 Å². The highest BCUT2D eigenvalue weighted by atomic mass is 32.2. The molecule has 0 aliphatic carbocycles. The molecule has 0 aliphatic rings. The zero-order valence-corrected chi connectivity index (χ0v) is 22.6. The minimum atomic E-state index is -4.01. The number of thioether (sulfide) groups is 1. The first-order valence-corrected chi connectivity index (χ1v) is 14.3. The summed E-state index contributed by atoms with van der Waals surface area (Å²) in [5.41, 5.74) is 1.29. The van der Waals surface area contributed by atoms with Gasteiger partial charge in [0, 0.05) is 4.90 Å². The molecule has 0 radical (unpaired) electrons. The van der Waals surface area contributed by atoms with Gasteiger partial charge < -0.3 is 14.8 Å². The van der Waals surface area contributed by atoms with E-state index in [0.717, 1.165) is 20.5 Å². The topological polar surface area (TPSA) is 84.9 Å². The number of amides is 1. The summed E-state index contributed by atoms with van der Waals surface area (Å²) in [5.74, 6) is 0.939. The van der Waals surface area contributed by atoms with Crippen LogP contribution in [0, 0.1) is 0 Å². The van der Waals surface area contributed by atoms with Crippen LogP contribution in [0.3, 0.4) is 0 Å². The molecule has 192 valence electrons. The second-order valence-corrected chi connectivity index (χ2v) is 10.7. The SMILES string of the molecule is CCOc1ccc(N(CC(=O)N[C@@H](CC)c2ccc(OC)cc2)S(=O)(=O)c2ccc(SC)cc2)cc1. The van der Waals surface area contributed by atoms with Crippen molar-refractivity contribution in [1.29, 1.82) is 0 Å². The predicted molar refractivity (Wildman–Crippen MR) is 145 cm³/mol. The number of hydrogen-bond acceptors (Lipinski definition) is 6. The normalized spacial score (nSPS) is 12.0. The molecule has 36 heavy (non-hydrogen) atoms. The molecule has 3 aromatic rings. The quantitative estimate of drug-likeness (QED) is 0.322. The van der Waals surface area contributed by atoms with E-state index in [0.29, 0.717) is 24.5 Å². The summed E-state index contributed by atoms with van der Waals surface area (Å²) in [6.07, 6.45) is 2.57. The first-order chi connectivity index (χ1) is 17.3. The highest BCUT2D eigenvalue weighted by Gasteiger charge is 2.28. The molecule has 0 heterocycles. The van der Waals surface area contributed by atoms with Gasteiger partial charge >= 0.3 is 0 Å². The summed E-state index contributed by atoms with van der Waals surface area (Å²) in [5, 5.41) is 2.98. The fourth-order valence-electron chi connectivity index (χ4n) is 3.69. The molecule has 0 unspecified atom stereocenters. The van der Waals surface area contributed by atoms with Crippen molar-refractivity contribution < 1.29 is 22.7 Å². The molecular formula is C27H32N2O5S2. The van der Waals surface area contributed by atoms with Crippen molar-refractivity contribution in [2.75, 3.05) is 30.8 Å². The molecule has 7 nitrogen and oxygen atoms in total. The molecular weight excluding hydrogens is 496 g/mol. The number of carbonyl (C=O) groups excluding carboxylic acids is 1. The Morgan fingerprint density at radius 1 is 0.944 bits per heavy atom. The second-order valence-electron chi connectivity index (χ2n) is 7.92. The molecule has 3 rings (SSSR count). The molecule has 0 spiro atoms. The minimum absolute atomic E-state index is 0.115. The minimum Gasteiger partial charge on any atom is -0.497 e. The summed E-state index contributed by atoms with van der Waals surface area (Å²) in [6.45, 7) is 3.96. The monoisotopic (exact) mass is 528 g/mol. The van der Waals surface area contributed by atoms with Crippen LogP contribution < -0.4 is 19.1 Å². The van der Waals surface area contributed by atoms with Gasteiger partial charge in [-0.2, -0.15) is 0 Å². The second kappa shape index (κ2) is 12.7. The molecule has 1 N–H and O–H groups in total. The van der Waals surface area contributed by atoms with Gasteiger partial charge in [0.25, 0.3) is 10.0 Å². The van der Waals surface area contributed by atoms with Gasteiger partial charge in [0.05, 0.1) is 30.3 Å². The molecule has 0 saturated heterocycles. The smallest absolute Gasteiger partial charge is 0.264 e. The van der Waals surface area contributed by atoms with Crippen molar-refractivity contribution in [2.24, 2.45) is 0 Å². The van der Waals surface area contributed by atoms with Crippen LogP contribution in [0.1, 0.15) is 31.9 Å². The molecule has 0 bridgehead atoms. The van der Waals surface area contributed by atoms with Gasteiger partial charge in [0.15, 0.2) is 0 Å². The van der Waals surface area contributed by atoms with Crippen LogP contribution in [0.5, 0.6) is 11.5 Å². The zero-order valence-electron chi connectivity index (χ0n) is 20.9. The Hall–Kier alpha value is -3.17. The van der Waals surface area contributed by atoms with E-state index in [-0.39, 0.29) is 17.5 Å². The maximum Gasteiger partial charge on any atom is 0.264 e. The van der Waals surface area contributed by atoms with Gasteiger partial charge in [-0.1, -0.05) is 19.1 Å². The van der Waals surface area contributed by atoms with Crippen LogP contribution in [-0.2, 0) is 14.8 Å². The third-order valence-electron chi connectivity index (χ3n) is 5.63. The summed E-state index contributed by atoms with van der Waals surface area (Å²) in [6, 6.07) is 20.5. The van der Waals surface area contributed by atoms with E-state index in [4.69, 9.17) is 9.47 Å². The molecule has 1 atom stereocenters. The van der Waals surface area contributed by atoms with E-state index in [1.54, 1.807) is 55.6 Å². The van der Waals surface area contributed by atoms with E-state index >= 15 is 0 Å². The molecule has 3 aromatic carbocycles. The maximum atomic E-state index is 13.7. The van der Waals surface area contributed by atoms with Crippen LogP contribution in [0.2, 0.25) is 0 Å². The third-order valence-corrected chi connectivity index (χ3v) is 8.16. The molecule has 0 saturated carbocycles. The van der Waals surface area contributed by atoms with Crippen molar-refractivity contribution in [3.63, 3.8) is 0 Å². The van der Waals surface area contributed by atoms with Gasteiger partial charge in [-0.05, 0) is 85.8 Å². The number of nitrogens with one attached hydrogen (secondary N) is 1. The molecule has 1 amide bonds. The summed E-state index contributed by atoms with van der Waals surface area (Å²) < 4.78 is 39.2. The van der Waals surface area contributed by atoms with Crippen molar-refractivity contribution >= 4 is 33.4 Å². The lowest BCUT2D eigenvalue weighted by Crippen LogP contribution is -2.42. The maximum absolute atomic E-state index is 13.7. The van der Waals surface area contributed by atoms with Crippen LogP contribution in [0.25, 0.3) is 0 Å². The van der Waals surface area contributed by atoms with Gasteiger partial charge in [-0.25, -0.2) is 8.42 Å². The van der Waals surface area contributed by atoms with Crippen molar-refractivity contribution in [2.45, 2.75) is 36.1 Å². The largest absolute Gasteiger partial charge is 0.497 e. The Morgan fingerprint density at radius 2 is 1.56 bits per heavy atom. The summed E-state index contributed by atoms with van der Waals surface area (Å²) in [4.78, 5) is 14.2. The highest BCUT2D eigenvalue weighted by molar-refractivity contribution is 7.98. The molecule has 0 aliphatic heterocycles. The molecule has 0 fully saturated rings. The fourth-order valence-corrected chi connectivity index (χ4v) is 5.52. The van der Waals surface area contributed by atoms with E-state index < -0.39 is 15.9 Å². The van der Waals surface area contributed by atoms with E-state index in [2.05, 4.69) is 5.32 Å². The van der Waals surface area contributed by atoms with Crippen molar-refractivity contribution in [3.05, 3.63) is 78.4 Å². The van der Waals surface area contributed by atoms with E-state index in [9.17, 15) is 13.2 Å². The lowest BCUT2D eigenvalue weighted by Gasteiger charge is -2.26. The lowest BCUT2D eigenvalue weighted by molar-refractivity contribution is -0.120. The van der Waals surface area contributed by atoms with Crippen LogP contribution in [0.15, 0.2) is 82.6 Å². The van der Waals surface area contributed by atoms with Crippen LogP contribution in [0.4, 0.5) is 5.69 Å². The molecule has 0 aromatic heterocycles. The third kappa shape index (κ3) is 6.73. The summed E-state index contributed by atoms with van der Waals surface area (Å²) in [7, 11) is -2.41. The van der Waals surface area contributed by atoms with Crippen LogP contribution >= 0.6 is 11.8 Å². The Labute approximate surface area is 217 Å². The van der Waals surface area contributed by atoms with E-state index in [1.165, 1.54) is 11.8 Å². The van der Waals surface area contributed by atoms with Crippen molar-refractivity contribution in [1.82, 2.24) is 5.32 Å². The lowest BCUT2D eigenvalue weighted by atomic mass is 10.0. The van der Waals surface area contributed by atoms with E-state index in [1.807, 2.05) is 44.4 Å². The van der Waals surface area contributed by atoms with Gasteiger partial charge in [0.1, 0.15) is 18.0 Å². The average Bonchev–Trinajstić information content (AvgIpc) is 2.91. The Balaban J connectivity index is 1.89. The number of methoxy groups -OCH3 is 1. The van der Waals surface area contributed by atoms with Gasteiger partial charge in [-0.15, -0.1) is 11.8 Å². The fraction of sp³-hybridized carbons (Fsp3) is 0.296. The number of carbonyl (C=O) groups is 1. The predicted octanol–water partition coefficient (Wildman–Crippen LogP) is 5.28. The number of nitrogens with zero attached hydrogens (tertiary/aromatic N) is 1. The first kappa shape index (κ1) is 27.4. The van der Waals surface area contributed by atoms with Crippen LogP contribution in [-0.4, -0.2) is 40.8 Å². The number of anilines is 1. The Kier molecular flexibility index (Phi) is 9.66. The average molecular weight is 529 g/mol. The zero-order chi connectivity index (χ0) is 26.1. The standard InChI is InChI=1S/C27H32N2O5S2/c1-5-26(20-7-11-22(33-3)12-8-20)28-27(30)19-29(21-9-13-23(14-10-21)34-6-2)36(31,32)25-17-15-24(35-4)16-18-25/h7-18,26H,5-6,19H2,1-4H3,(H,28,30)/t26-/m0/s1.